The standard InChI is InChI=1S/C34H34F2N6O3/c1-2-23-25(35)7-6-20-14-22(43)15-24(26(20)23)29-28(36)30-27-31(42-13-10-37-16-21(42)17-44-32(27)38-29)40-33(39-30)45-19-34(8-9-34)18-41-11-4-3-5-12-41/h1,6-7,14-15,21,37,43H,3-5,8-13,16-19H2/t21-/m0/s1. The van der Waals surface area contributed by atoms with E-state index in [-0.39, 0.29) is 63.4 Å². The van der Waals surface area contributed by atoms with Gasteiger partial charge in [-0.2, -0.15) is 9.97 Å². The molecule has 0 spiro atoms. The van der Waals surface area contributed by atoms with Crippen molar-refractivity contribution in [1.82, 2.24) is 25.2 Å². The number of piperazine rings is 1. The number of aromatic hydroxyl groups is 1. The van der Waals surface area contributed by atoms with E-state index < -0.39 is 11.6 Å². The zero-order valence-electron chi connectivity index (χ0n) is 24.9. The van der Waals surface area contributed by atoms with Gasteiger partial charge >= 0.3 is 6.01 Å². The number of likely N-dealkylation sites (tertiary alicyclic amines) is 1. The van der Waals surface area contributed by atoms with E-state index in [9.17, 15) is 9.50 Å². The van der Waals surface area contributed by atoms with Crippen molar-refractivity contribution >= 4 is 27.5 Å². The molecule has 0 bridgehead atoms. The number of fused-ring (bicyclic) bond motifs is 3. The summed E-state index contributed by atoms with van der Waals surface area (Å²) in [5.74, 6) is 1.55. The number of nitrogens with one attached hydrogen (secondary N) is 1. The number of halogens is 2. The fourth-order valence-electron chi connectivity index (χ4n) is 7.11. The number of terminal acetylenes is 1. The minimum Gasteiger partial charge on any atom is -0.508 e. The van der Waals surface area contributed by atoms with Crippen molar-refractivity contribution in [2.45, 2.75) is 38.1 Å². The van der Waals surface area contributed by atoms with Crippen LogP contribution in [0.1, 0.15) is 37.7 Å². The Morgan fingerprint density at radius 2 is 1.93 bits per heavy atom. The molecule has 4 aliphatic rings. The molecule has 5 heterocycles. The number of phenols is 1. The van der Waals surface area contributed by atoms with Crippen molar-refractivity contribution in [3.63, 3.8) is 0 Å². The number of hydrogen-bond donors (Lipinski definition) is 2. The number of rotatable bonds is 6. The van der Waals surface area contributed by atoms with Crippen LogP contribution in [0.15, 0.2) is 24.3 Å². The van der Waals surface area contributed by atoms with Crippen molar-refractivity contribution in [2.24, 2.45) is 5.41 Å². The van der Waals surface area contributed by atoms with Crippen molar-refractivity contribution < 1.29 is 23.4 Å². The topological polar surface area (TPSA) is 95.9 Å². The second kappa shape index (κ2) is 11.0. The number of pyridine rings is 1. The lowest BCUT2D eigenvalue weighted by Gasteiger charge is -2.35. The fraction of sp³-hybridized carbons (Fsp3) is 0.441. The normalized spacial score (nSPS) is 20.7. The maximum absolute atomic E-state index is 16.9. The number of phenolic OH excluding ortho intramolecular Hbond substituents is 1. The summed E-state index contributed by atoms with van der Waals surface area (Å²) in [6.07, 6.45) is 11.6. The predicted octanol–water partition coefficient (Wildman–Crippen LogP) is 4.63. The molecular weight excluding hydrogens is 578 g/mol. The van der Waals surface area contributed by atoms with Crippen LogP contribution < -0.4 is 19.7 Å². The molecule has 0 amide bonds. The Hall–Kier alpha value is -4.27. The van der Waals surface area contributed by atoms with Crippen molar-refractivity contribution in [3.8, 4) is 41.2 Å². The van der Waals surface area contributed by atoms with Crippen LogP contribution >= 0.6 is 0 Å². The van der Waals surface area contributed by atoms with E-state index in [2.05, 4.69) is 31.0 Å². The summed E-state index contributed by atoms with van der Waals surface area (Å²) >= 11 is 0. The lowest BCUT2D eigenvalue weighted by Crippen LogP contribution is -2.53. The average Bonchev–Trinajstić information content (AvgIpc) is 3.84. The molecule has 0 unspecified atom stereocenters. The highest BCUT2D eigenvalue weighted by atomic mass is 19.1. The third-order valence-corrected chi connectivity index (χ3v) is 9.67. The Bertz CT molecular complexity index is 1870. The van der Waals surface area contributed by atoms with Crippen LogP contribution in [0.4, 0.5) is 14.6 Å². The van der Waals surface area contributed by atoms with Crippen LogP contribution in [0.2, 0.25) is 0 Å². The third kappa shape index (κ3) is 4.96. The summed E-state index contributed by atoms with van der Waals surface area (Å²) in [5.41, 5.74) is -0.0209. The first-order valence-corrected chi connectivity index (χ1v) is 15.7. The second-order valence-corrected chi connectivity index (χ2v) is 12.8. The fourth-order valence-corrected chi connectivity index (χ4v) is 7.11. The molecule has 2 aromatic carbocycles. The lowest BCUT2D eigenvalue weighted by molar-refractivity contribution is 0.139. The molecular formula is C34H34F2N6O3. The molecule has 9 nitrogen and oxygen atoms in total. The number of benzene rings is 2. The minimum atomic E-state index is -0.756. The first-order valence-electron chi connectivity index (χ1n) is 15.7. The van der Waals surface area contributed by atoms with Gasteiger partial charge in [-0.3, -0.25) is 0 Å². The molecule has 11 heteroatoms. The molecule has 8 rings (SSSR count). The molecule has 0 radical (unpaired) electrons. The third-order valence-electron chi connectivity index (χ3n) is 9.67. The highest BCUT2D eigenvalue weighted by Gasteiger charge is 2.45. The largest absolute Gasteiger partial charge is 0.508 e. The highest BCUT2D eigenvalue weighted by Crippen LogP contribution is 2.47. The summed E-state index contributed by atoms with van der Waals surface area (Å²) < 4.78 is 44.3. The SMILES string of the molecule is C#Cc1c(F)ccc2cc(O)cc(-c3nc4c5c(nc(OCC6(CN7CCCCC7)CC6)nc5c3F)N3CCNC[C@H]3CO4)c12. The number of hydrogen-bond acceptors (Lipinski definition) is 9. The van der Waals surface area contributed by atoms with E-state index in [4.69, 9.17) is 20.9 Å². The Balaban J connectivity index is 1.27. The van der Waals surface area contributed by atoms with Crippen molar-refractivity contribution in [3.05, 3.63) is 41.5 Å². The van der Waals surface area contributed by atoms with E-state index in [0.29, 0.717) is 36.3 Å². The van der Waals surface area contributed by atoms with Crippen LogP contribution in [-0.4, -0.2) is 83.5 Å². The highest BCUT2D eigenvalue weighted by molar-refractivity contribution is 6.04. The van der Waals surface area contributed by atoms with Crippen LogP contribution in [0, 0.1) is 29.4 Å². The quantitative estimate of drug-likeness (QED) is 0.303. The molecule has 1 saturated carbocycles. The molecule has 3 aliphatic heterocycles. The molecule has 4 aromatic rings. The van der Waals surface area contributed by atoms with Gasteiger partial charge in [-0.05, 0) is 62.4 Å². The molecule has 2 N–H and O–H groups in total. The second-order valence-electron chi connectivity index (χ2n) is 12.8. The first kappa shape index (κ1) is 28.2. The van der Waals surface area contributed by atoms with Crippen LogP contribution in [0.3, 0.4) is 0 Å². The molecule has 45 heavy (non-hydrogen) atoms. The molecule has 1 atom stereocenters. The molecule has 2 saturated heterocycles. The van der Waals surface area contributed by atoms with Crippen molar-refractivity contribution in [1.29, 1.82) is 0 Å². The van der Waals surface area contributed by atoms with E-state index in [0.717, 1.165) is 39.0 Å². The van der Waals surface area contributed by atoms with Gasteiger partial charge in [-0.1, -0.05) is 18.4 Å². The van der Waals surface area contributed by atoms with Gasteiger partial charge in [0, 0.05) is 42.5 Å². The van der Waals surface area contributed by atoms with E-state index in [1.165, 1.54) is 43.5 Å². The zero-order chi connectivity index (χ0) is 30.7. The van der Waals surface area contributed by atoms with Gasteiger partial charge in [0.25, 0.3) is 0 Å². The van der Waals surface area contributed by atoms with Gasteiger partial charge < -0.3 is 29.7 Å². The summed E-state index contributed by atoms with van der Waals surface area (Å²) in [4.78, 5) is 18.7. The lowest BCUT2D eigenvalue weighted by atomic mass is 9.95. The minimum absolute atomic E-state index is 0.00906. The van der Waals surface area contributed by atoms with Crippen LogP contribution in [0.5, 0.6) is 17.6 Å². The zero-order valence-corrected chi connectivity index (χ0v) is 24.9. The summed E-state index contributed by atoms with van der Waals surface area (Å²) in [6.45, 7) is 5.97. The first-order chi connectivity index (χ1) is 21.9. The Morgan fingerprint density at radius 3 is 2.73 bits per heavy atom. The van der Waals surface area contributed by atoms with Gasteiger partial charge in [0.15, 0.2) is 5.82 Å². The number of ether oxygens (including phenoxy) is 2. The van der Waals surface area contributed by atoms with Crippen molar-refractivity contribution in [2.75, 3.05) is 57.4 Å². The Labute approximate surface area is 259 Å². The van der Waals surface area contributed by atoms with Gasteiger partial charge in [0.2, 0.25) is 5.88 Å². The van der Waals surface area contributed by atoms with E-state index in [1.807, 2.05) is 0 Å². The number of nitrogens with zero attached hydrogens (tertiary/aromatic N) is 5. The number of aromatic nitrogens is 3. The van der Waals surface area contributed by atoms with E-state index >= 15 is 4.39 Å². The van der Waals surface area contributed by atoms with Gasteiger partial charge in [0.05, 0.1) is 18.2 Å². The molecule has 2 aromatic heterocycles. The summed E-state index contributed by atoms with van der Waals surface area (Å²) in [6, 6.07) is 5.55. The Morgan fingerprint density at radius 1 is 1.09 bits per heavy atom. The monoisotopic (exact) mass is 612 g/mol. The Kier molecular flexibility index (Phi) is 6.88. The van der Waals surface area contributed by atoms with Crippen LogP contribution in [-0.2, 0) is 0 Å². The van der Waals surface area contributed by atoms with Crippen LogP contribution in [0.25, 0.3) is 32.9 Å². The molecule has 3 fully saturated rings. The molecule has 1 aliphatic carbocycles. The van der Waals surface area contributed by atoms with E-state index in [1.54, 1.807) is 0 Å². The van der Waals surface area contributed by atoms with Gasteiger partial charge in [-0.15, -0.1) is 6.42 Å². The average molecular weight is 613 g/mol. The maximum atomic E-state index is 16.9. The maximum Gasteiger partial charge on any atom is 0.319 e. The van der Waals surface area contributed by atoms with Gasteiger partial charge in [0.1, 0.15) is 40.6 Å². The number of piperidine rings is 1. The summed E-state index contributed by atoms with van der Waals surface area (Å²) in [7, 11) is 0. The predicted molar refractivity (Wildman–Crippen MR) is 167 cm³/mol. The number of anilines is 1. The summed E-state index contributed by atoms with van der Waals surface area (Å²) in [5, 5.41) is 15.1. The van der Waals surface area contributed by atoms with Gasteiger partial charge in [-0.25, -0.2) is 13.8 Å². The smallest absolute Gasteiger partial charge is 0.319 e. The molecule has 232 valence electrons.